The molecule has 0 aliphatic carbocycles. The van der Waals surface area contributed by atoms with Gasteiger partial charge in [0.15, 0.2) is 5.78 Å². The Hall–Kier alpha value is -1.15. The summed E-state index contributed by atoms with van der Waals surface area (Å²) in [6, 6.07) is 9.67. The van der Waals surface area contributed by atoms with Gasteiger partial charge in [0.25, 0.3) is 0 Å². The van der Waals surface area contributed by atoms with E-state index in [-0.39, 0.29) is 0 Å². The third-order valence-electron chi connectivity index (χ3n) is 4.42. The van der Waals surface area contributed by atoms with Gasteiger partial charge in [-0.15, -0.1) is 0 Å². The summed E-state index contributed by atoms with van der Waals surface area (Å²) in [6.45, 7) is 3.90. The van der Waals surface area contributed by atoms with E-state index in [1.807, 2.05) is 30.3 Å². The van der Waals surface area contributed by atoms with E-state index in [0.29, 0.717) is 12.2 Å². The highest BCUT2D eigenvalue weighted by molar-refractivity contribution is 5.95. The fourth-order valence-corrected chi connectivity index (χ4v) is 3.10. The number of Topliss-reactive ketones (excluding diaryl/α,β-unsaturated/α-hetero) is 1. The molecular weight excluding hydrogens is 258 g/mol. The number of benzene rings is 1. The second-order valence-corrected chi connectivity index (χ2v) is 6.21. The monoisotopic (exact) mass is 287 g/mol. The molecule has 1 aliphatic heterocycles. The number of hydrogen-bond donors (Lipinski definition) is 0. The number of hydrogen-bond acceptors (Lipinski definition) is 2. The first kappa shape index (κ1) is 16.2. The first-order chi connectivity index (χ1) is 10.4. The van der Waals surface area contributed by atoms with Gasteiger partial charge in [-0.25, -0.2) is 0 Å². The summed E-state index contributed by atoms with van der Waals surface area (Å²) in [7, 11) is 0. The van der Waals surface area contributed by atoms with E-state index in [9.17, 15) is 4.79 Å². The summed E-state index contributed by atoms with van der Waals surface area (Å²) in [4.78, 5) is 14.5. The maximum absolute atomic E-state index is 11.9. The van der Waals surface area contributed by atoms with E-state index in [1.54, 1.807) is 0 Å². The minimum absolute atomic E-state index is 0.295. The highest BCUT2D eigenvalue weighted by Gasteiger charge is 2.09. The molecule has 0 spiro atoms. The summed E-state index contributed by atoms with van der Waals surface area (Å²) >= 11 is 0. The van der Waals surface area contributed by atoms with E-state index in [4.69, 9.17) is 0 Å². The summed E-state index contributed by atoms with van der Waals surface area (Å²) in [5.74, 6) is 0.295. The smallest absolute Gasteiger partial charge is 0.162 e. The lowest BCUT2D eigenvalue weighted by molar-refractivity contribution is 0.0979. The SMILES string of the molecule is O=C(CCCCCCCN1CCCCC1)c1ccccc1. The Labute approximate surface area is 129 Å². The van der Waals surface area contributed by atoms with Gasteiger partial charge in [-0.3, -0.25) is 4.79 Å². The second kappa shape index (κ2) is 9.73. The minimum atomic E-state index is 0.295. The Morgan fingerprint density at radius 2 is 1.52 bits per heavy atom. The summed E-state index contributed by atoms with van der Waals surface area (Å²) < 4.78 is 0. The van der Waals surface area contributed by atoms with Crippen molar-refractivity contribution in [2.45, 2.75) is 57.8 Å². The molecule has 0 unspecified atom stereocenters. The van der Waals surface area contributed by atoms with E-state index in [2.05, 4.69) is 4.90 Å². The second-order valence-electron chi connectivity index (χ2n) is 6.21. The van der Waals surface area contributed by atoms with Crippen LogP contribution >= 0.6 is 0 Å². The van der Waals surface area contributed by atoms with Crippen LogP contribution in [0.2, 0.25) is 0 Å². The van der Waals surface area contributed by atoms with Crippen LogP contribution in [-0.4, -0.2) is 30.3 Å². The third-order valence-corrected chi connectivity index (χ3v) is 4.42. The van der Waals surface area contributed by atoms with Crippen LogP contribution < -0.4 is 0 Å². The zero-order valence-electron chi connectivity index (χ0n) is 13.2. The van der Waals surface area contributed by atoms with Gasteiger partial charge >= 0.3 is 0 Å². The molecule has 116 valence electrons. The Morgan fingerprint density at radius 3 is 2.29 bits per heavy atom. The minimum Gasteiger partial charge on any atom is -0.303 e. The molecule has 0 atom stereocenters. The molecule has 1 aromatic rings. The van der Waals surface area contributed by atoms with Gasteiger partial charge < -0.3 is 4.90 Å². The summed E-state index contributed by atoms with van der Waals surface area (Å²) in [6.07, 6.45) is 11.1. The Balaban J connectivity index is 1.45. The summed E-state index contributed by atoms with van der Waals surface area (Å²) in [5, 5.41) is 0. The van der Waals surface area contributed by atoms with Crippen molar-refractivity contribution < 1.29 is 4.79 Å². The van der Waals surface area contributed by atoms with E-state index < -0.39 is 0 Å². The lowest BCUT2D eigenvalue weighted by Gasteiger charge is -2.26. The standard InChI is InChI=1S/C19H29NO/c21-19(18-12-6-4-7-13-18)14-8-2-1-3-9-15-20-16-10-5-11-17-20/h4,6-7,12-13H,1-3,5,8-11,14-17H2. The molecule has 1 aliphatic rings. The molecule has 1 aromatic carbocycles. The van der Waals surface area contributed by atoms with Crippen molar-refractivity contribution in [3.63, 3.8) is 0 Å². The molecule has 0 aromatic heterocycles. The van der Waals surface area contributed by atoms with Gasteiger partial charge in [-0.2, -0.15) is 0 Å². The zero-order valence-corrected chi connectivity index (χ0v) is 13.2. The normalized spacial score (nSPS) is 16.0. The Bertz CT molecular complexity index is 395. The molecule has 0 saturated carbocycles. The van der Waals surface area contributed by atoms with Crippen molar-refractivity contribution >= 4 is 5.78 Å². The largest absolute Gasteiger partial charge is 0.303 e. The topological polar surface area (TPSA) is 20.3 Å². The van der Waals surface area contributed by atoms with Crippen molar-refractivity contribution in [1.29, 1.82) is 0 Å². The number of carbonyl (C=O) groups is 1. The van der Waals surface area contributed by atoms with E-state index in [1.165, 1.54) is 64.6 Å². The predicted molar refractivity (Wildman–Crippen MR) is 88.8 cm³/mol. The molecule has 1 heterocycles. The van der Waals surface area contributed by atoms with Gasteiger partial charge in [-0.1, -0.05) is 56.0 Å². The lowest BCUT2D eigenvalue weighted by Crippen LogP contribution is -2.30. The van der Waals surface area contributed by atoms with Crippen molar-refractivity contribution in [1.82, 2.24) is 4.90 Å². The van der Waals surface area contributed by atoms with Gasteiger partial charge in [0, 0.05) is 12.0 Å². The van der Waals surface area contributed by atoms with Crippen molar-refractivity contribution in [3.8, 4) is 0 Å². The predicted octanol–water partition coefficient (Wildman–Crippen LogP) is 4.70. The molecule has 21 heavy (non-hydrogen) atoms. The van der Waals surface area contributed by atoms with Crippen molar-refractivity contribution in [2.24, 2.45) is 0 Å². The average molecular weight is 287 g/mol. The van der Waals surface area contributed by atoms with Crippen LogP contribution in [0.1, 0.15) is 68.1 Å². The zero-order chi connectivity index (χ0) is 14.8. The number of piperidine rings is 1. The first-order valence-electron chi connectivity index (χ1n) is 8.67. The van der Waals surface area contributed by atoms with Crippen LogP contribution in [0.25, 0.3) is 0 Å². The van der Waals surface area contributed by atoms with Gasteiger partial charge in [0.05, 0.1) is 0 Å². The fourth-order valence-electron chi connectivity index (χ4n) is 3.10. The van der Waals surface area contributed by atoms with Crippen molar-refractivity contribution in [2.75, 3.05) is 19.6 Å². The number of rotatable bonds is 9. The summed E-state index contributed by atoms with van der Waals surface area (Å²) in [5.41, 5.74) is 0.864. The van der Waals surface area contributed by atoms with Crippen LogP contribution in [0.5, 0.6) is 0 Å². The Kier molecular flexibility index (Phi) is 7.51. The Morgan fingerprint density at radius 1 is 0.857 bits per heavy atom. The van der Waals surface area contributed by atoms with Crippen LogP contribution in [-0.2, 0) is 0 Å². The number of unbranched alkanes of at least 4 members (excludes halogenated alkanes) is 4. The molecule has 2 rings (SSSR count). The van der Waals surface area contributed by atoms with Crippen LogP contribution in [0.3, 0.4) is 0 Å². The third kappa shape index (κ3) is 6.43. The highest BCUT2D eigenvalue weighted by atomic mass is 16.1. The maximum atomic E-state index is 11.9. The molecule has 0 N–H and O–H groups in total. The number of carbonyl (C=O) groups excluding carboxylic acids is 1. The highest BCUT2D eigenvalue weighted by Crippen LogP contribution is 2.12. The molecule has 0 amide bonds. The number of likely N-dealkylation sites (tertiary alicyclic amines) is 1. The number of ketones is 1. The maximum Gasteiger partial charge on any atom is 0.162 e. The quantitative estimate of drug-likeness (QED) is 0.485. The molecular formula is C19H29NO. The molecule has 0 radical (unpaired) electrons. The fraction of sp³-hybridized carbons (Fsp3) is 0.632. The molecule has 0 bridgehead atoms. The van der Waals surface area contributed by atoms with Crippen LogP contribution in [0.15, 0.2) is 30.3 Å². The molecule has 1 fully saturated rings. The van der Waals surface area contributed by atoms with Crippen LogP contribution in [0, 0.1) is 0 Å². The molecule has 2 nitrogen and oxygen atoms in total. The van der Waals surface area contributed by atoms with Gasteiger partial charge in [-0.05, 0) is 45.3 Å². The van der Waals surface area contributed by atoms with E-state index in [0.717, 1.165) is 12.0 Å². The first-order valence-corrected chi connectivity index (χ1v) is 8.67. The van der Waals surface area contributed by atoms with Gasteiger partial charge in [0.1, 0.15) is 0 Å². The van der Waals surface area contributed by atoms with Crippen LogP contribution in [0.4, 0.5) is 0 Å². The van der Waals surface area contributed by atoms with E-state index >= 15 is 0 Å². The number of nitrogens with zero attached hydrogens (tertiary/aromatic N) is 1. The lowest BCUT2D eigenvalue weighted by atomic mass is 10.0. The molecule has 2 heteroatoms. The van der Waals surface area contributed by atoms with Gasteiger partial charge in [0.2, 0.25) is 0 Å². The average Bonchev–Trinajstić information content (AvgIpc) is 2.55. The van der Waals surface area contributed by atoms with Crippen molar-refractivity contribution in [3.05, 3.63) is 35.9 Å². The molecule has 1 saturated heterocycles.